The predicted octanol–water partition coefficient (Wildman–Crippen LogP) is -0.346. The number of carbonyl (C=O) groups is 1. The lowest BCUT2D eigenvalue weighted by Crippen LogP contribution is -2.51. The molecule has 122 valence electrons. The first-order valence-corrected chi connectivity index (χ1v) is 8.94. The van der Waals surface area contributed by atoms with Gasteiger partial charge in [0.15, 0.2) is 0 Å². The molecule has 1 fully saturated rings. The second kappa shape index (κ2) is 6.53. The van der Waals surface area contributed by atoms with Crippen molar-refractivity contribution >= 4 is 39.1 Å². The Hall–Kier alpha value is -1.16. The summed E-state index contributed by atoms with van der Waals surface area (Å²) in [4.78, 5) is 25.5. The van der Waals surface area contributed by atoms with E-state index in [4.69, 9.17) is 23.2 Å². The zero-order valence-electron chi connectivity index (χ0n) is 11.7. The molecule has 0 aromatic carbocycles. The molecule has 2 rings (SSSR count). The maximum atomic E-state index is 12.2. The Bertz CT molecular complexity index is 741. The molecule has 0 aliphatic carbocycles. The Morgan fingerprint density at radius 2 is 1.86 bits per heavy atom. The van der Waals surface area contributed by atoms with Gasteiger partial charge < -0.3 is 4.90 Å². The molecule has 0 spiro atoms. The molecule has 0 bridgehead atoms. The summed E-state index contributed by atoms with van der Waals surface area (Å²) in [5.74, 6) is -0.332. The van der Waals surface area contributed by atoms with Crippen LogP contribution in [0.15, 0.2) is 11.0 Å². The topological polar surface area (TPSA) is 92.6 Å². The summed E-state index contributed by atoms with van der Waals surface area (Å²) in [5.41, 5.74) is -0.641. The van der Waals surface area contributed by atoms with Crippen molar-refractivity contribution in [1.29, 1.82) is 0 Å². The fourth-order valence-electron chi connectivity index (χ4n) is 2.05. The number of nitrogens with zero attached hydrogens (tertiary/aromatic N) is 4. The van der Waals surface area contributed by atoms with Crippen molar-refractivity contribution in [3.63, 3.8) is 0 Å². The van der Waals surface area contributed by atoms with Crippen LogP contribution in [0, 0.1) is 0 Å². The van der Waals surface area contributed by atoms with E-state index in [0.29, 0.717) is 0 Å². The van der Waals surface area contributed by atoms with Crippen LogP contribution in [-0.2, 0) is 21.4 Å². The fraction of sp³-hybridized carbons (Fsp3) is 0.545. The van der Waals surface area contributed by atoms with Crippen LogP contribution in [-0.4, -0.2) is 65.7 Å². The van der Waals surface area contributed by atoms with E-state index in [1.54, 1.807) is 0 Å². The Labute approximate surface area is 137 Å². The number of rotatable bonds is 3. The molecule has 0 N–H and O–H groups in total. The van der Waals surface area contributed by atoms with Gasteiger partial charge in [-0.3, -0.25) is 9.59 Å². The van der Waals surface area contributed by atoms with Crippen molar-refractivity contribution in [2.75, 3.05) is 32.4 Å². The normalized spacial score (nSPS) is 16.8. The number of hydrogen-bond acceptors (Lipinski definition) is 5. The van der Waals surface area contributed by atoms with Crippen LogP contribution in [0.1, 0.15) is 0 Å². The molecule has 2 heterocycles. The summed E-state index contributed by atoms with van der Waals surface area (Å²) in [7, 11) is -3.26. The Balaban J connectivity index is 2.03. The van der Waals surface area contributed by atoms with Crippen molar-refractivity contribution in [2.24, 2.45) is 0 Å². The SMILES string of the molecule is CS(=O)(=O)N1CCN(C(=O)Cn2ncc(Cl)c(Cl)c2=O)CC1. The molecule has 11 heteroatoms. The number of hydrogen-bond donors (Lipinski definition) is 0. The largest absolute Gasteiger partial charge is 0.338 e. The monoisotopic (exact) mass is 368 g/mol. The van der Waals surface area contributed by atoms with Gasteiger partial charge in [0.1, 0.15) is 11.6 Å². The highest BCUT2D eigenvalue weighted by Crippen LogP contribution is 2.14. The molecule has 0 atom stereocenters. The number of amides is 1. The van der Waals surface area contributed by atoms with Gasteiger partial charge >= 0.3 is 0 Å². The molecule has 22 heavy (non-hydrogen) atoms. The van der Waals surface area contributed by atoms with E-state index in [0.717, 1.165) is 10.9 Å². The highest BCUT2D eigenvalue weighted by molar-refractivity contribution is 7.88. The number of aromatic nitrogens is 2. The molecular weight excluding hydrogens is 355 g/mol. The lowest BCUT2D eigenvalue weighted by atomic mass is 10.3. The quantitative estimate of drug-likeness (QED) is 0.727. The van der Waals surface area contributed by atoms with E-state index in [1.807, 2.05) is 0 Å². The number of carbonyl (C=O) groups excluding carboxylic acids is 1. The molecular formula is C11H14Cl2N4O4S. The third kappa shape index (κ3) is 3.78. The second-order valence-corrected chi connectivity index (χ2v) is 7.58. The van der Waals surface area contributed by atoms with Crippen molar-refractivity contribution in [1.82, 2.24) is 19.0 Å². The van der Waals surface area contributed by atoms with Gasteiger partial charge in [-0.05, 0) is 0 Å². The lowest BCUT2D eigenvalue weighted by molar-refractivity contribution is -0.133. The van der Waals surface area contributed by atoms with Gasteiger partial charge in [0.25, 0.3) is 5.56 Å². The van der Waals surface area contributed by atoms with Gasteiger partial charge in [0.2, 0.25) is 15.9 Å². The van der Waals surface area contributed by atoms with Gasteiger partial charge in [-0.2, -0.15) is 9.40 Å². The van der Waals surface area contributed by atoms with Gasteiger partial charge in [-0.15, -0.1) is 0 Å². The van der Waals surface area contributed by atoms with Crippen LogP contribution in [0.2, 0.25) is 10.0 Å². The summed E-state index contributed by atoms with van der Waals surface area (Å²) in [6.07, 6.45) is 2.32. The van der Waals surface area contributed by atoms with Crippen LogP contribution in [0.5, 0.6) is 0 Å². The summed E-state index contributed by atoms with van der Waals surface area (Å²) in [6.45, 7) is 0.723. The van der Waals surface area contributed by atoms with Crippen LogP contribution in [0.25, 0.3) is 0 Å². The molecule has 1 aliphatic heterocycles. The molecule has 1 aliphatic rings. The van der Waals surface area contributed by atoms with Crippen LogP contribution in [0.3, 0.4) is 0 Å². The highest BCUT2D eigenvalue weighted by Gasteiger charge is 2.26. The smallest absolute Gasteiger partial charge is 0.287 e. The molecule has 0 saturated carbocycles. The van der Waals surface area contributed by atoms with E-state index in [2.05, 4.69) is 5.10 Å². The van der Waals surface area contributed by atoms with Gasteiger partial charge in [0.05, 0.1) is 17.5 Å². The second-order valence-electron chi connectivity index (χ2n) is 4.81. The van der Waals surface area contributed by atoms with Gasteiger partial charge in [-0.1, -0.05) is 23.2 Å². The highest BCUT2D eigenvalue weighted by atomic mass is 35.5. The first kappa shape index (κ1) is 17.2. The van der Waals surface area contributed by atoms with Gasteiger partial charge in [-0.25, -0.2) is 13.1 Å². The summed E-state index contributed by atoms with van der Waals surface area (Å²) in [6, 6.07) is 0. The maximum Gasteiger partial charge on any atom is 0.287 e. The summed E-state index contributed by atoms with van der Waals surface area (Å²) < 4.78 is 25.1. The zero-order chi connectivity index (χ0) is 16.5. The van der Waals surface area contributed by atoms with E-state index in [-0.39, 0.29) is 48.7 Å². The number of halogens is 2. The Morgan fingerprint density at radius 1 is 1.27 bits per heavy atom. The van der Waals surface area contributed by atoms with Crippen LogP contribution < -0.4 is 5.56 Å². The molecule has 8 nitrogen and oxygen atoms in total. The fourth-order valence-corrected chi connectivity index (χ4v) is 3.15. The predicted molar refractivity (Wildman–Crippen MR) is 81.5 cm³/mol. The van der Waals surface area contributed by atoms with E-state index >= 15 is 0 Å². The zero-order valence-corrected chi connectivity index (χ0v) is 14.0. The van der Waals surface area contributed by atoms with E-state index < -0.39 is 15.6 Å². The molecule has 0 unspecified atom stereocenters. The third-order valence-electron chi connectivity index (χ3n) is 3.29. The van der Waals surface area contributed by atoms with Crippen molar-refractivity contribution in [3.05, 3.63) is 26.6 Å². The molecule has 1 amide bonds. The molecule has 0 radical (unpaired) electrons. The van der Waals surface area contributed by atoms with Crippen LogP contribution >= 0.6 is 23.2 Å². The first-order valence-electron chi connectivity index (χ1n) is 6.34. The Kier molecular flexibility index (Phi) is 5.10. The number of sulfonamides is 1. The minimum absolute atomic E-state index is 0.0251. The van der Waals surface area contributed by atoms with E-state index in [9.17, 15) is 18.0 Å². The average Bonchev–Trinajstić information content (AvgIpc) is 2.47. The van der Waals surface area contributed by atoms with Crippen molar-refractivity contribution < 1.29 is 13.2 Å². The van der Waals surface area contributed by atoms with Gasteiger partial charge in [0, 0.05) is 26.2 Å². The standard InChI is InChI=1S/C11H14Cl2N4O4S/c1-22(20,21)16-4-2-15(3-5-16)9(18)7-17-11(19)10(13)8(12)6-14-17/h6H,2-5,7H2,1H3. The van der Waals surface area contributed by atoms with E-state index in [1.165, 1.54) is 15.4 Å². The molecule has 1 saturated heterocycles. The Morgan fingerprint density at radius 3 is 2.41 bits per heavy atom. The average molecular weight is 369 g/mol. The summed E-state index contributed by atoms with van der Waals surface area (Å²) >= 11 is 11.4. The maximum absolute atomic E-state index is 12.2. The van der Waals surface area contributed by atoms with Crippen molar-refractivity contribution in [2.45, 2.75) is 6.54 Å². The number of piperazine rings is 1. The third-order valence-corrected chi connectivity index (χ3v) is 5.34. The minimum atomic E-state index is -3.26. The molecule has 1 aromatic heterocycles. The van der Waals surface area contributed by atoms with Crippen molar-refractivity contribution in [3.8, 4) is 0 Å². The molecule has 1 aromatic rings. The minimum Gasteiger partial charge on any atom is -0.338 e. The van der Waals surface area contributed by atoms with Crippen LogP contribution in [0.4, 0.5) is 0 Å². The lowest BCUT2D eigenvalue weighted by Gasteiger charge is -2.33. The summed E-state index contributed by atoms with van der Waals surface area (Å²) in [5, 5.41) is 3.60. The first-order chi connectivity index (χ1) is 10.2.